The Kier molecular flexibility index (Phi) is 6.66. The van der Waals surface area contributed by atoms with E-state index in [4.69, 9.17) is 4.74 Å². The first-order chi connectivity index (χ1) is 13.3. The maximum atomic E-state index is 13.4. The van der Waals surface area contributed by atoms with E-state index in [2.05, 4.69) is 24.3 Å². The van der Waals surface area contributed by atoms with Crippen LogP contribution in [-0.4, -0.2) is 19.0 Å². The average molecular weight is 383 g/mol. The third-order valence-corrected chi connectivity index (χ3v) is 5.68. The summed E-state index contributed by atoms with van der Waals surface area (Å²) >= 11 is 0. The van der Waals surface area contributed by atoms with Crippen LogP contribution in [-0.2, 0) is 9.53 Å². The maximum absolute atomic E-state index is 13.4. The van der Waals surface area contributed by atoms with E-state index in [1.165, 1.54) is 23.3 Å². The second kappa shape index (κ2) is 9.00. The predicted molar refractivity (Wildman–Crippen MR) is 112 cm³/mol. The van der Waals surface area contributed by atoms with E-state index in [1.54, 1.807) is 12.1 Å². The molecule has 1 aliphatic carbocycles. The Balaban J connectivity index is 1.78. The zero-order valence-corrected chi connectivity index (χ0v) is 17.2. The van der Waals surface area contributed by atoms with E-state index >= 15 is 0 Å². The molecule has 1 saturated heterocycles. The van der Waals surface area contributed by atoms with Crippen molar-refractivity contribution in [2.24, 2.45) is 11.3 Å². The molecule has 3 heteroatoms. The summed E-state index contributed by atoms with van der Waals surface area (Å²) in [7, 11) is 0. The molecule has 0 aromatic heterocycles. The molecule has 0 radical (unpaired) electrons. The lowest BCUT2D eigenvalue weighted by atomic mass is 9.77. The zero-order chi connectivity index (χ0) is 20.1. The van der Waals surface area contributed by atoms with E-state index in [0.29, 0.717) is 12.3 Å². The third-order valence-electron chi connectivity index (χ3n) is 5.68. The van der Waals surface area contributed by atoms with Gasteiger partial charge in [-0.25, -0.2) is 4.39 Å². The lowest BCUT2D eigenvalue weighted by Gasteiger charge is -2.25. The van der Waals surface area contributed by atoms with Gasteiger partial charge in [-0.2, -0.15) is 0 Å². The molecule has 1 fully saturated rings. The van der Waals surface area contributed by atoms with Crippen molar-refractivity contribution in [2.75, 3.05) is 13.2 Å². The van der Waals surface area contributed by atoms with Crippen LogP contribution in [0.1, 0.15) is 57.9 Å². The highest BCUT2D eigenvalue weighted by molar-refractivity contribution is 5.90. The van der Waals surface area contributed by atoms with E-state index < -0.39 is 5.41 Å². The number of ether oxygens (including phenoxy) is 1. The highest BCUT2D eigenvalue weighted by Crippen LogP contribution is 2.34. The lowest BCUT2D eigenvalue weighted by molar-refractivity contribution is -0.127. The van der Waals surface area contributed by atoms with Gasteiger partial charge in [0.15, 0.2) is 0 Å². The number of allylic oxidation sites excluding steroid dienone is 6. The molecule has 0 N–H and O–H groups in total. The second-order valence-electron chi connectivity index (χ2n) is 8.86. The Morgan fingerprint density at radius 2 is 1.79 bits per heavy atom. The summed E-state index contributed by atoms with van der Waals surface area (Å²) in [6, 6.07) is 6.38. The summed E-state index contributed by atoms with van der Waals surface area (Å²) in [5, 5.41) is 0. The van der Waals surface area contributed by atoms with Crippen molar-refractivity contribution in [1.82, 2.24) is 0 Å². The van der Waals surface area contributed by atoms with Gasteiger partial charge in [-0.05, 0) is 54.9 Å². The number of Topliss-reactive ketones (excluding diaryl/α,β-unsaturated/α-hetero) is 1. The summed E-state index contributed by atoms with van der Waals surface area (Å²) in [4.78, 5) is 13.1. The molecule has 0 amide bonds. The molecule has 28 heavy (non-hydrogen) atoms. The second-order valence-corrected chi connectivity index (χ2v) is 8.86. The molecule has 3 rings (SSSR count). The summed E-state index contributed by atoms with van der Waals surface area (Å²) in [5.41, 5.74) is 3.00. The van der Waals surface area contributed by atoms with Crippen LogP contribution >= 0.6 is 0 Å². The molecule has 150 valence electrons. The smallest absolute Gasteiger partial charge is 0.145 e. The molecule has 1 aromatic rings. The van der Waals surface area contributed by atoms with Gasteiger partial charge < -0.3 is 4.74 Å². The SMILES string of the molecule is CC(C)(C)C(=O)C(CC1=CCC=C(C2CCOCC2)C=C1)c1ccc(F)cc1. The Bertz CT molecular complexity index is 772. The number of rotatable bonds is 5. The van der Waals surface area contributed by atoms with Crippen molar-refractivity contribution in [1.29, 1.82) is 0 Å². The standard InChI is InChI=1S/C25H31FO2/c1-25(2,3)24(27)23(21-9-11-22(26)12-10-21)17-18-5-4-6-19(8-7-18)20-13-15-28-16-14-20/h5-12,20,23H,4,13-17H2,1-3H3. The number of ketones is 1. The van der Waals surface area contributed by atoms with Crippen LogP contribution in [0.5, 0.6) is 0 Å². The van der Waals surface area contributed by atoms with Gasteiger partial charge in [0.25, 0.3) is 0 Å². The fourth-order valence-electron chi connectivity index (χ4n) is 3.99. The van der Waals surface area contributed by atoms with E-state index in [-0.39, 0.29) is 17.5 Å². The first-order valence-corrected chi connectivity index (χ1v) is 10.3. The molecule has 0 spiro atoms. The molecule has 2 nitrogen and oxygen atoms in total. The number of benzene rings is 1. The van der Waals surface area contributed by atoms with Crippen LogP contribution in [0.15, 0.2) is 59.7 Å². The Hall–Kier alpha value is -2.00. The largest absolute Gasteiger partial charge is 0.381 e. The van der Waals surface area contributed by atoms with Crippen molar-refractivity contribution < 1.29 is 13.9 Å². The zero-order valence-electron chi connectivity index (χ0n) is 17.2. The first-order valence-electron chi connectivity index (χ1n) is 10.3. The van der Waals surface area contributed by atoms with Crippen LogP contribution in [0.25, 0.3) is 0 Å². The molecule has 2 aliphatic rings. The molecular weight excluding hydrogens is 351 g/mol. The lowest BCUT2D eigenvalue weighted by Crippen LogP contribution is -2.27. The summed E-state index contributed by atoms with van der Waals surface area (Å²) < 4.78 is 18.9. The van der Waals surface area contributed by atoms with Gasteiger partial charge in [-0.15, -0.1) is 0 Å². The fraction of sp³-hybridized carbons (Fsp3) is 0.480. The molecule has 1 heterocycles. The first kappa shape index (κ1) is 20.7. The maximum Gasteiger partial charge on any atom is 0.145 e. The van der Waals surface area contributed by atoms with E-state index in [0.717, 1.165) is 38.0 Å². The minimum atomic E-state index is -0.445. The van der Waals surface area contributed by atoms with Gasteiger partial charge in [0.05, 0.1) is 0 Å². The highest BCUT2D eigenvalue weighted by Gasteiger charge is 2.31. The number of hydrogen-bond donors (Lipinski definition) is 0. The minimum Gasteiger partial charge on any atom is -0.381 e. The van der Waals surface area contributed by atoms with Gasteiger partial charge in [-0.3, -0.25) is 4.79 Å². The van der Waals surface area contributed by atoms with Crippen LogP contribution < -0.4 is 0 Å². The summed E-state index contributed by atoms with van der Waals surface area (Å²) in [5.74, 6) is 0.225. The fourth-order valence-corrected chi connectivity index (χ4v) is 3.99. The van der Waals surface area contributed by atoms with Crippen molar-refractivity contribution >= 4 is 5.78 Å². The number of carbonyl (C=O) groups excluding carboxylic acids is 1. The molecule has 1 atom stereocenters. The van der Waals surface area contributed by atoms with Gasteiger partial charge in [0.1, 0.15) is 11.6 Å². The van der Waals surface area contributed by atoms with Crippen LogP contribution in [0.3, 0.4) is 0 Å². The number of halogens is 1. The molecule has 1 unspecified atom stereocenters. The Labute approximate surface area is 168 Å². The molecule has 0 saturated carbocycles. The van der Waals surface area contributed by atoms with Gasteiger partial charge >= 0.3 is 0 Å². The van der Waals surface area contributed by atoms with Crippen LogP contribution in [0.2, 0.25) is 0 Å². The Morgan fingerprint density at radius 1 is 1.11 bits per heavy atom. The summed E-state index contributed by atoms with van der Waals surface area (Å²) in [6.45, 7) is 7.53. The molecule has 0 bridgehead atoms. The van der Waals surface area contributed by atoms with Gasteiger partial charge in [-0.1, -0.05) is 62.8 Å². The number of hydrogen-bond acceptors (Lipinski definition) is 2. The van der Waals surface area contributed by atoms with E-state index in [1.807, 2.05) is 20.8 Å². The third kappa shape index (κ3) is 5.29. The minimum absolute atomic E-state index is 0.190. The van der Waals surface area contributed by atoms with Crippen LogP contribution in [0, 0.1) is 17.2 Å². The average Bonchev–Trinajstić information content (AvgIpc) is 2.92. The van der Waals surface area contributed by atoms with E-state index in [9.17, 15) is 9.18 Å². The quantitative estimate of drug-likeness (QED) is 0.610. The molecular formula is C25H31FO2. The van der Waals surface area contributed by atoms with Crippen molar-refractivity contribution in [3.8, 4) is 0 Å². The molecule has 1 aromatic carbocycles. The summed E-state index contributed by atoms with van der Waals surface area (Å²) in [6.07, 6.45) is 12.6. The van der Waals surface area contributed by atoms with Crippen molar-refractivity contribution in [3.63, 3.8) is 0 Å². The van der Waals surface area contributed by atoms with Crippen molar-refractivity contribution in [3.05, 3.63) is 71.1 Å². The monoisotopic (exact) mass is 382 g/mol. The van der Waals surface area contributed by atoms with Crippen molar-refractivity contribution in [2.45, 2.75) is 52.4 Å². The van der Waals surface area contributed by atoms with Gasteiger partial charge in [0, 0.05) is 24.5 Å². The normalized spacial score (nSPS) is 19.6. The van der Waals surface area contributed by atoms with Gasteiger partial charge in [0.2, 0.25) is 0 Å². The molecule has 1 aliphatic heterocycles. The topological polar surface area (TPSA) is 26.3 Å². The Morgan fingerprint density at radius 3 is 2.43 bits per heavy atom. The highest BCUT2D eigenvalue weighted by atomic mass is 19.1. The number of carbonyl (C=O) groups is 1. The predicted octanol–water partition coefficient (Wildman–Crippen LogP) is 6.15. The van der Waals surface area contributed by atoms with Crippen LogP contribution in [0.4, 0.5) is 4.39 Å².